The number of hydrogen-bond donors (Lipinski definition) is 1. The lowest BCUT2D eigenvalue weighted by molar-refractivity contribution is -0.140. The van der Waals surface area contributed by atoms with Gasteiger partial charge in [0.1, 0.15) is 0 Å². The zero-order valence-corrected chi connectivity index (χ0v) is 12.1. The number of aryl methyl sites for hydroxylation is 1. The van der Waals surface area contributed by atoms with Crippen LogP contribution in [-0.4, -0.2) is 25.4 Å². The second-order valence-electron chi connectivity index (χ2n) is 4.07. The van der Waals surface area contributed by atoms with Gasteiger partial charge < -0.3 is 10.1 Å². The molecule has 3 nitrogen and oxygen atoms in total. The number of methoxy groups -OCH3 is 1. The normalized spacial score (nSPS) is 10.4. The van der Waals surface area contributed by atoms with Gasteiger partial charge in [0, 0.05) is 17.2 Å². The molecular formula is C14H21NO2S. The molecule has 0 aliphatic heterocycles. The van der Waals surface area contributed by atoms with Crippen molar-refractivity contribution in [3.05, 3.63) is 29.3 Å². The van der Waals surface area contributed by atoms with Gasteiger partial charge in [-0.15, -0.1) is 11.8 Å². The summed E-state index contributed by atoms with van der Waals surface area (Å²) in [6.07, 6.45) is 0.454. The van der Waals surface area contributed by atoms with E-state index < -0.39 is 0 Å². The van der Waals surface area contributed by atoms with Crippen LogP contribution in [0.2, 0.25) is 0 Å². The molecule has 100 valence electrons. The van der Waals surface area contributed by atoms with Crippen molar-refractivity contribution in [3.63, 3.8) is 0 Å². The Hall–Kier alpha value is -1.00. The third-order valence-corrected chi connectivity index (χ3v) is 3.69. The second kappa shape index (κ2) is 8.16. The number of benzene rings is 1. The Labute approximate surface area is 113 Å². The Balaban J connectivity index is 2.60. The molecule has 1 N–H and O–H groups in total. The van der Waals surface area contributed by atoms with Crippen molar-refractivity contribution >= 4 is 17.7 Å². The van der Waals surface area contributed by atoms with Gasteiger partial charge in [-0.3, -0.25) is 4.79 Å². The summed E-state index contributed by atoms with van der Waals surface area (Å²) >= 11 is 1.71. The topological polar surface area (TPSA) is 38.3 Å². The van der Waals surface area contributed by atoms with Gasteiger partial charge in [-0.05, 0) is 25.1 Å². The summed E-state index contributed by atoms with van der Waals surface area (Å²) in [6.45, 7) is 6.02. The van der Waals surface area contributed by atoms with Crippen molar-refractivity contribution in [2.45, 2.75) is 31.7 Å². The van der Waals surface area contributed by atoms with Crippen LogP contribution < -0.4 is 5.32 Å². The highest BCUT2D eigenvalue weighted by Crippen LogP contribution is 2.24. The predicted molar refractivity (Wildman–Crippen MR) is 75.9 cm³/mol. The predicted octanol–water partition coefficient (Wildman–Crippen LogP) is 2.76. The molecule has 0 amide bonds. The van der Waals surface area contributed by atoms with Crippen LogP contribution in [0.15, 0.2) is 23.1 Å². The molecule has 0 fully saturated rings. The number of carbonyl (C=O) groups is 1. The molecular weight excluding hydrogens is 246 g/mol. The van der Waals surface area contributed by atoms with E-state index in [2.05, 4.69) is 42.1 Å². The SMILES string of the molecule is CCNCc1cc(C)ccc1SCCC(=O)OC. The fraction of sp³-hybridized carbons (Fsp3) is 0.500. The van der Waals surface area contributed by atoms with Crippen molar-refractivity contribution in [1.82, 2.24) is 5.32 Å². The molecule has 0 saturated carbocycles. The molecule has 0 saturated heterocycles. The third-order valence-electron chi connectivity index (χ3n) is 2.57. The van der Waals surface area contributed by atoms with Crippen LogP contribution in [0.4, 0.5) is 0 Å². The lowest BCUT2D eigenvalue weighted by Gasteiger charge is -2.10. The van der Waals surface area contributed by atoms with E-state index >= 15 is 0 Å². The van der Waals surface area contributed by atoms with Gasteiger partial charge in [-0.25, -0.2) is 0 Å². The van der Waals surface area contributed by atoms with Gasteiger partial charge in [-0.1, -0.05) is 24.6 Å². The minimum absolute atomic E-state index is 0.150. The van der Waals surface area contributed by atoms with E-state index in [1.54, 1.807) is 11.8 Å². The quantitative estimate of drug-likeness (QED) is 0.609. The van der Waals surface area contributed by atoms with E-state index in [1.807, 2.05) is 0 Å². The zero-order valence-electron chi connectivity index (χ0n) is 11.3. The van der Waals surface area contributed by atoms with E-state index in [9.17, 15) is 4.79 Å². The smallest absolute Gasteiger partial charge is 0.306 e. The molecule has 0 spiro atoms. The largest absolute Gasteiger partial charge is 0.469 e. The standard InChI is InChI=1S/C14H21NO2S/c1-4-15-10-12-9-11(2)5-6-13(12)18-8-7-14(16)17-3/h5-6,9,15H,4,7-8,10H2,1-3H3. The van der Waals surface area contributed by atoms with E-state index in [4.69, 9.17) is 0 Å². The molecule has 4 heteroatoms. The maximum atomic E-state index is 11.1. The van der Waals surface area contributed by atoms with Crippen molar-refractivity contribution in [3.8, 4) is 0 Å². The minimum Gasteiger partial charge on any atom is -0.469 e. The highest BCUT2D eigenvalue weighted by atomic mass is 32.2. The van der Waals surface area contributed by atoms with Crippen molar-refractivity contribution in [2.24, 2.45) is 0 Å². The number of carbonyl (C=O) groups excluding carboxylic acids is 1. The first kappa shape index (κ1) is 15.1. The van der Waals surface area contributed by atoms with Crippen LogP contribution in [-0.2, 0) is 16.1 Å². The average molecular weight is 267 g/mol. The van der Waals surface area contributed by atoms with E-state index in [1.165, 1.54) is 23.1 Å². The van der Waals surface area contributed by atoms with Gasteiger partial charge in [0.25, 0.3) is 0 Å². The number of esters is 1. The summed E-state index contributed by atoms with van der Waals surface area (Å²) < 4.78 is 4.64. The van der Waals surface area contributed by atoms with Crippen LogP contribution in [0.25, 0.3) is 0 Å². The summed E-state index contributed by atoms with van der Waals surface area (Å²) in [5.74, 6) is 0.609. The molecule has 1 aromatic rings. The fourth-order valence-corrected chi connectivity index (χ4v) is 2.56. The molecule has 0 unspecified atom stereocenters. The van der Waals surface area contributed by atoms with E-state index in [0.717, 1.165) is 18.8 Å². The van der Waals surface area contributed by atoms with E-state index in [-0.39, 0.29) is 5.97 Å². The van der Waals surface area contributed by atoms with Crippen LogP contribution >= 0.6 is 11.8 Å². The number of rotatable bonds is 7. The summed E-state index contributed by atoms with van der Waals surface area (Å²) in [7, 11) is 1.43. The maximum absolute atomic E-state index is 11.1. The first-order valence-corrected chi connectivity index (χ1v) is 7.15. The summed E-state index contributed by atoms with van der Waals surface area (Å²) in [5.41, 5.74) is 2.56. The summed E-state index contributed by atoms with van der Waals surface area (Å²) in [4.78, 5) is 12.3. The molecule has 0 aliphatic rings. The number of ether oxygens (including phenoxy) is 1. The van der Waals surface area contributed by atoms with Gasteiger partial charge in [-0.2, -0.15) is 0 Å². The van der Waals surface area contributed by atoms with E-state index in [0.29, 0.717) is 6.42 Å². The van der Waals surface area contributed by atoms with Gasteiger partial charge in [0.2, 0.25) is 0 Å². The average Bonchev–Trinajstić information content (AvgIpc) is 2.38. The minimum atomic E-state index is -0.150. The molecule has 0 atom stereocenters. The fourth-order valence-electron chi connectivity index (χ4n) is 1.59. The Morgan fingerprint density at radius 2 is 2.22 bits per heavy atom. The van der Waals surface area contributed by atoms with Crippen LogP contribution in [0.1, 0.15) is 24.5 Å². The summed E-state index contributed by atoms with van der Waals surface area (Å²) in [5, 5.41) is 3.34. The van der Waals surface area contributed by atoms with Gasteiger partial charge in [0.15, 0.2) is 0 Å². The zero-order chi connectivity index (χ0) is 13.4. The molecule has 0 aromatic heterocycles. The van der Waals surface area contributed by atoms with Gasteiger partial charge >= 0.3 is 5.97 Å². The molecule has 0 heterocycles. The van der Waals surface area contributed by atoms with Crippen LogP contribution in [0, 0.1) is 6.92 Å². The van der Waals surface area contributed by atoms with Crippen molar-refractivity contribution in [1.29, 1.82) is 0 Å². The Kier molecular flexibility index (Phi) is 6.83. The van der Waals surface area contributed by atoms with Gasteiger partial charge in [0.05, 0.1) is 13.5 Å². The molecule has 0 bridgehead atoms. The lowest BCUT2D eigenvalue weighted by Crippen LogP contribution is -2.12. The number of nitrogens with one attached hydrogen (secondary N) is 1. The monoisotopic (exact) mass is 267 g/mol. The Bertz CT molecular complexity index is 393. The third kappa shape index (κ3) is 5.10. The highest BCUT2D eigenvalue weighted by molar-refractivity contribution is 7.99. The molecule has 0 radical (unpaired) electrons. The number of thioether (sulfide) groups is 1. The molecule has 1 aromatic carbocycles. The molecule has 18 heavy (non-hydrogen) atoms. The molecule has 1 rings (SSSR count). The van der Waals surface area contributed by atoms with Crippen molar-refractivity contribution < 1.29 is 9.53 Å². The highest BCUT2D eigenvalue weighted by Gasteiger charge is 2.05. The maximum Gasteiger partial charge on any atom is 0.306 e. The lowest BCUT2D eigenvalue weighted by atomic mass is 10.1. The molecule has 0 aliphatic carbocycles. The van der Waals surface area contributed by atoms with Crippen LogP contribution in [0.5, 0.6) is 0 Å². The second-order valence-corrected chi connectivity index (χ2v) is 5.20. The number of hydrogen-bond acceptors (Lipinski definition) is 4. The van der Waals surface area contributed by atoms with Crippen molar-refractivity contribution in [2.75, 3.05) is 19.4 Å². The Morgan fingerprint density at radius 1 is 1.44 bits per heavy atom. The first-order valence-electron chi connectivity index (χ1n) is 6.17. The van der Waals surface area contributed by atoms with Crippen LogP contribution in [0.3, 0.4) is 0 Å². The Morgan fingerprint density at radius 3 is 2.89 bits per heavy atom. The first-order chi connectivity index (χ1) is 8.67. The summed E-state index contributed by atoms with van der Waals surface area (Å²) in [6, 6.07) is 6.43.